The number of aryl methyl sites for hydroxylation is 3. The Hall–Kier alpha value is -1.61. The number of halogens is 1. The number of carbonyl (C=O) groups excluding carboxylic acids is 1. The maximum atomic E-state index is 11.5. The molecule has 2 aromatic carbocycles. The molecule has 0 saturated heterocycles. The van der Waals surface area contributed by atoms with Crippen LogP contribution < -0.4 is 0 Å². The topological polar surface area (TPSA) is 26.3 Å². The Balaban J connectivity index is 1.96. The highest BCUT2D eigenvalue weighted by molar-refractivity contribution is 9.10. The van der Waals surface area contributed by atoms with E-state index in [1.54, 1.807) is 0 Å². The molecule has 0 fully saturated rings. The Morgan fingerprint density at radius 2 is 1.95 bits per heavy atom. The summed E-state index contributed by atoms with van der Waals surface area (Å²) in [5.41, 5.74) is 4.47. The Bertz CT molecular complexity index is 635. The SMILES string of the molecule is COC(=O)c1ccc(CCCc2cccc(C)c2)c(Br)c1. The summed E-state index contributed by atoms with van der Waals surface area (Å²) in [5, 5.41) is 0. The fourth-order valence-corrected chi connectivity index (χ4v) is 2.92. The third-order valence-electron chi connectivity index (χ3n) is 3.47. The smallest absolute Gasteiger partial charge is 0.337 e. The van der Waals surface area contributed by atoms with Gasteiger partial charge in [-0.1, -0.05) is 51.8 Å². The number of hydrogen-bond acceptors (Lipinski definition) is 2. The number of ether oxygens (including phenoxy) is 1. The second-order valence-corrected chi connectivity index (χ2v) is 5.99. The van der Waals surface area contributed by atoms with E-state index in [2.05, 4.69) is 47.1 Å². The number of hydrogen-bond donors (Lipinski definition) is 0. The fraction of sp³-hybridized carbons (Fsp3) is 0.278. The molecule has 0 aliphatic rings. The predicted octanol–water partition coefficient (Wildman–Crippen LogP) is 4.72. The van der Waals surface area contributed by atoms with Crippen molar-refractivity contribution in [2.45, 2.75) is 26.2 Å². The lowest BCUT2D eigenvalue weighted by Gasteiger charge is -2.07. The van der Waals surface area contributed by atoms with Crippen LogP contribution in [0.5, 0.6) is 0 Å². The van der Waals surface area contributed by atoms with Crippen LogP contribution in [-0.2, 0) is 17.6 Å². The van der Waals surface area contributed by atoms with E-state index in [1.807, 2.05) is 18.2 Å². The molecule has 2 rings (SSSR count). The summed E-state index contributed by atoms with van der Waals surface area (Å²) in [5.74, 6) is -0.304. The van der Waals surface area contributed by atoms with Gasteiger partial charge in [-0.2, -0.15) is 0 Å². The van der Waals surface area contributed by atoms with Gasteiger partial charge in [0.15, 0.2) is 0 Å². The lowest BCUT2D eigenvalue weighted by Crippen LogP contribution is -2.02. The average molecular weight is 347 g/mol. The van der Waals surface area contributed by atoms with E-state index in [-0.39, 0.29) is 5.97 Å². The van der Waals surface area contributed by atoms with Crippen molar-refractivity contribution in [3.05, 3.63) is 69.2 Å². The molecule has 0 atom stereocenters. The van der Waals surface area contributed by atoms with Crippen molar-refractivity contribution in [1.82, 2.24) is 0 Å². The molecule has 0 unspecified atom stereocenters. The lowest BCUT2D eigenvalue weighted by molar-refractivity contribution is 0.0600. The minimum absolute atomic E-state index is 0.304. The van der Waals surface area contributed by atoms with Crippen molar-refractivity contribution in [3.63, 3.8) is 0 Å². The molecule has 0 saturated carbocycles. The van der Waals surface area contributed by atoms with E-state index >= 15 is 0 Å². The Labute approximate surface area is 134 Å². The molecule has 21 heavy (non-hydrogen) atoms. The largest absolute Gasteiger partial charge is 0.465 e. The number of rotatable bonds is 5. The van der Waals surface area contributed by atoms with Crippen molar-refractivity contribution in [1.29, 1.82) is 0 Å². The number of carbonyl (C=O) groups is 1. The average Bonchev–Trinajstić information content (AvgIpc) is 2.48. The van der Waals surface area contributed by atoms with Crippen molar-refractivity contribution >= 4 is 21.9 Å². The Morgan fingerprint density at radius 3 is 2.62 bits per heavy atom. The first-order valence-corrected chi connectivity index (χ1v) is 7.81. The van der Waals surface area contributed by atoms with Gasteiger partial charge in [0.25, 0.3) is 0 Å². The molecule has 3 heteroatoms. The highest BCUT2D eigenvalue weighted by Crippen LogP contribution is 2.21. The summed E-state index contributed by atoms with van der Waals surface area (Å²) in [6.45, 7) is 2.12. The van der Waals surface area contributed by atoms with E-state index in [4.69, 9.17) is 4.74 Å². The number of esters is 1. The Morgan fingerprint density at radius 1 is 1.14 bits per heavy atom. The summed E-state index contributed by atoms with van der Waals surface area (Å²) in [7, 11) is 1.39. The molecule has 0 spiro atoms. The van der Waals surface area contributed by atoms with Crippen LogP contribution in [-0.4, -0.2) is 13.1 Å². The molecule has 0 heterocycles. The Kier molecular flexibility index (Phi) is 5.57. The van der Waals surface area contributed by atoms with Crippen LogP contribution in [0.4, 0.5) is 0 Å². The molecule has 2 nitrogen and oxygen atoms in total. The van der Waals surface area contributed by atoms with Gasteiger partial charge in [-0.05, 0) is 49.4 Å². The minimum atomic E-state index is -0.304. The normalized spacial score (nSPS) is 10.4. The van der Waals surface area contributed by atoms with Gasteiger partial charge in [0, 0.05) is 4.47 Å². The molecule has 0 aliphatic heterocycles. The van der Waals surface area contributed by atoms with Gasteiger partial charge in [0.1, 0.15) is 0 Å². The fourth-order valence-electron chi connectivity index (χ4n) is 2.35. The van der Waals surface area contributed by atoms with Gasteiger partial charge in [0.05, 0.1) is 12.7 Å². The second-order valence-electron chi connectivity index (χ2n) is 5.14. The molecule has 0 amide bonds. The molecule has 2 aromatic rings. The quantitative estimate of drug-likeness (QED) is 0.732. The predicted molar refractivity (Wildman–Crippen MR) is 88.7 cm³/mol. The second kappa shape index (κ2) is 7.41. The van der Waals surface area contributed by atoms with Crippen molar-refractivity contribution < 1.29 is 9.53 Å². The first-order valence-electron chi connectivity index (χ1n) is 7.02. The molecule has 0 aromatic heterocycles. The number of benzene rings is 2. The van der Waals surface area contributed by atoms with Gasteiger partial charge >= 0.3 is 5.97 Å². The molecule has 0 aliphatic carbocycles. The minimum Gasteiger partial charge on any atom is -0.465 e. The zero-order chi connectivity index (χ0) is 15.2. The van der Waals surface area contributed by atoms with Crippen LogP contribution in [0.2, 0.25) is 0 Å². The van der Waals surface area contributed by atoms with Crippen LogP contribution in [0.25, 0.3) is 0 Å². The highest BCUT2D eigenvalue weighted by Gasteiger charge is 2.08. The molecular weight excluding hydrogens is 328 g/mol. The van der Waals surface area contributed by atoms with Crippen molar-refractivity contribution in [3.8, 4) is 0 Å². The summed E-state index contributed by atoms with van der Waals surface area (Å²) < 4.78 is 5.69. The summed E-state index contributed by atoms with van der Waals surface area (Å²) >= 11 is 3.53. The maximum absolute atomic E-state index is 11.5. The first-order chi connectivity index (χ1) is 10.1. The standard InChI is InChI=1S/C18H19BrO2/c1-13-5-3-6-14(11-13)7-4-8-15-9-10-16(12-17(15)19)18(20)21-2/h3,5-6,9-12H,4,7-8H2,1-2H3. The van der Waals surface area contributed by atoms with E-state index in [0.29, 0.717) is 5.56 Å². The van der Waals surface area contributed by atoms with Crippen LogP contribution >= 0.6 is 15.9 Å². The van der Waals surface area contributed by atoms with Gasteiger partial charge in [-0.15, -0.1) is 0 Å². The molecule has 0 radical (unpaired) electrons. The van der Waals surface area contributed by atoms with E-state index in [0.717, 1.165) is 23.7 Å². The van der Waals surface area contributed by atoms with Crippen LogP contribution in [0.1, 0.15) is 33.5 Å². The third kappa shape index (κ3) is 4.43. The van der Waals surface area contributed by atoms with Crippen molar-refractivity contribution in [2.24, 2.45) is 0 Å². The van der Waals surface area contributed by atoms with Gasteiger partial charge in [-0.25, -0.2) is 4.79 Å². The first kappa shape index (κ1) is 15.8. The van der Waals surface area contributed by atoms with Crippen LogP contribution in [0.3, 0.4) is 0 Å². The highest BCUT2D eigenvalue weighted by atomic mass is 79.9. The molecular formula is C18H19BrO2. The number of methoxy groups -OCH3 is 1. The lowest BCUT2D eigenvalue weighted by atomic mass is 10.0. The molecule has 110 valence electrons. The third-order valence-corrected chi connectivity index (χ3v) is 4.21. The van der Waals surface area contributed by atoms with E-state index < -0.39 is 0 Å². The van der Waals surface area contributed by atoms with E-state index in [9.17, 15) is 4.79 Å². The van der Waals surface area contributed by atoms with Gasteiger partial charge in [0.2, 0.25) is 0 Å². The monoisotopic (exact) mass is 346 g/mol. The summed E-state index contributed by atoms with van der Waals surface area (Å²) in [6.07, 6.45) is 3.13. The summed E-state index contributed by atoms with van der Waals surface area (Å²) in [4.78, 5) is 11.5. The van der Waals surface area contributed by atoms with Crippen LogP contribution in [0, 0.1) is 6.92 Å². The van der Waals surface area contributed by atoms with Gasteiger partial charge < -0.3 is 4.74 Å². The molecule has 0 bridgehead atoms. The van der Waals surface area contributed by atoms with Crippen molar-refractivity contribution in [2.75, 3.05) is 7.11 Å². The maximum Gasteiger partial charge on any atom is 0.337 e. The van der Waals surface area contributed by atoms with Gasteiger partial charge in [-0.3, -0.25) is 0 Å². The van der Waals surface area contributed by atoms with E-state index in [1.165, 1.54) is 23.8 Å². The zero-order valence-corrected chi connectivity index (χ0v) is 13.9. The zero-order valence-electron chi connectivity index (χ0n) is 12.4. The van der Waals surface area contributed by atoms with Crippen LogP contribution in [0.15, 0.2) is 46.9 Å². The summed E-state index contributed by atoms with van der Waals surface area (Å²) in [6, 6.07) is 14.3. The molecule has 0 N–H and O–H groups in total.